The van der Waals surface area contributed by atoms with Crippen molar-refractivity contribution in [3.05, 3.63) is 87.5 Å². The molecule has 0 spiro atoms. The minimum absolute atomic E-state index is 0.0521. The van der Waals surface area contributed by atoms with Gasteiger partial charge in [0.15, 0.2) is 5.82 Å². The largest absolute Gasteiger partial charge is 0.322 e. The van der Waals surface area contributed by atoms with E-state index in [1.165, 1.54) is 24.0 Å². The SMILES string of the molecule is Cc1ccc2[nH]c(=O)c(C(c3nnnn3C3CCCC3)N3CCC(Cc4ccccc4)CC3)cc2c1. The molecule has 1 saturated carbocycles. The third kappa shape index (κ3) is 4.60. The molecule has 2 fully saturated rings. The smallest absolute Gasteiger partial charge is 0.253 e. The van der Waals surface area contributed by atoms with Crippen LogP contribution in [-0.2, 0) is 6.42 Å². The second kappa shape index (κ2) is 9.97. The highest BCUT2D eigenvalue weighted by molar-refractivity contribution is 5.79. The van der Waals surface area contributed by atoms with E-state index in [1.54, 1.807) is 0 Å². The molecule has 1 unspecified atom stereocenters. The van der Waals surface area contributed by atoms with Crippen molar-refractivity contribution in [1.82, 2.24) is 30.1 Å². The monoisotopic (exact) mass is 482 g/mol. The van der Waals surface area contributed by atoms with Gasteiger partial charge in [-0.3, -0.25) is 9.69 Å². The zero-order valence-corrected chi connectivity index (χ0v) is 20.9. The first-order valence-electron chi connectivity index (χ1n) is 13.3. The summed E-state index contributed by atoms with van der Waals surface area (Å²) >= 11 is 0. The molecule has 0 amide bonds. The Kier molecular flexibility index (Phi) is 6.40. The molecule has 4 aromatic rings. The first-order valence-corrected chi connectivity index (χ1v) is 13.3. The van der Waals surface area contributed by atoms with E-state index >= 15 is 0 Å². The van der Waals surface area contributed by atoms with Gasteiger partial charge >= 0.3 is 0 Å². The van der Waals surface area contributed by atoms with Gasteiger partial charge in [-0.05, 0) is 97.6 Å². The quantitative estimate of drug-likeness (QED) is 0.419. The van der Waals surface area contributed by atoms with Gasteiger partial charge in [0.05, 0.1) is 6.04 Å². The number of nitrogens with zero attached hydrogens (tertiary/aromatic N) is 5. The number of rotatable bonds is 6. The van der Waals surface area contributed by atoms with Gasteiger partial charge in [0.1, 0.15) is 6.04 Å². The van der Waals surface area contributed by atoms with E-state index in [0.717, 1.165) is 67.5 Å². The lowest BCUT2D eigenvalue weighted by Crippen LogP contribution is -2.41. The highest BCUT2D eigenvalue weighted by atomic mass is 16.1. The molecule has 2 aromatic heterocycles. The summed E-state index contributed by atoms with van der Waals surface area (Å²) in [6.07, 6.45) is 7.90. The van der Waals surface area contributed by atoms with Crippen molar-refractivity contribution < 1.29 is 0 Å². The summed E-state index contributed by atoms with van der Waals surface area (Å²) in [5.74, 6) is 1.45. The van der Waals surface area contributed by atoms with Gasteiger partial charge in [0, 0.05) is 11.1 Å². The van der Waals surface area contributed by atoms with Crippen LogP contribution in [0.15, 0.2) is 59.4 Å². The number of hydrogen-bond donors (Lipinski definition) is 1. The number of aromatic nitrogens is 5. The molecule has 1 aliphatic carbocycles. The summed E-state index contributed by atoms with van der Waals surface area (Å²) < 4.78 is 2.02. The van der Waals surface area contributed by atoms with Crippen LogP contribution in [-0.4, -0.2) is 43.2 Å². The maximum atomic E-state index is 13.5. The zero-order chi connectivity index (χ0) is 24.5. The molecule has 186 valence electrons. The predicted octanol–water partition coefficient (Wildman–Crippen LogP) is 4.98. The van der Waals surface area contributed by atoms with Crippen molar-refractivity contribution in [3.8, 4) is 0 Å². The normalized spacial score (nSPS) is 18.7. The first kappa shape index (κ1) is 23.1. The predicted molar refractivity (Wildman–Crippen MR) is 141 cm³/mol. The standard InChI is InChI=1S/C29H34N6O/c1-20-11-12-26-23(17-20)19-25(29(36)30-26)27(28-31-32-33-35(28)24-9-5-6-10-24)34-15-13-22(14-16-34)18-21-7-3-2-4-8-21/h2-4,7-8,11-12,17,19,22,24,27H,5-6,9-10,13-16,18H2,1H3,(H,30,36). The average molecular weight is 483 g/mol. The molecule has 6 rings (SSSR count). The average Bonchev–Trinajstić information content (AvgIpc) is 3.59. The van der Waals surface area contributed by atoms with Gasteiger partial charge in [0.2, 0.25) is 0 Å². The Morgan fingerprint density at radius 2 is 1.78 bits per heavy atom. The summed E-state index contributed by atoms with van der Waals surface area (Å²) in [6, 6.07) is 19.1. The Bertz CT molecular complexity index is 1380. The first-order chi connectivity index (χ1) is 17.7. The Morgan fingerprint density at radius 3 is 2.56 bits per heavy atom. The van der Waals surface area contributed by atoms with Gasteiger partial charge in [-0.2, -0.15) is 0 Å². The van der Waals surface area contributed by atoms with Crippen molar-refractivity contribution in [2.24, 2.45) is 5.92 Å². The molecule has 36 heavy (non-hydrogen) atoms. The molecular weight excluding hydrogens is 448 g/mol. The fraction of sp³-hybridized carbons (Fsp3) is 0.448. The number of aromatic amines is 1. The third-order valence-corrected chi connectivity index (χ3v) is 8.14. The molecular formula is C29H34N6O. The van der Waals surface area contributed by atoms with E-state index in [-0.39, 0.29) is 11.6 Å². The lowest BCUT2D eigenvalue weighted by molar-refractivity contribution is 0.141. The number of nitrogens with one attached hydrogen (secondary N) is 1. The minimum atomic E-state index is -0.257. The van der Waals surface area contributed by atoms with E-state index in [4.69, 9.17) is 0 Å². The summed E-state index contributed by atoms with van der Waals surface area (Å²) in [7, 11) is 0. The molecule has 7 heteroatoms. The fourth-order valence-electron chi connectivity index (χ4n) is 6.20. The molecule has 0 bridgehead atoms. The Hall–Kier alpha value is -3.32. The highest BCUT2D eigenvalue weighted by Gasteiger charge is 2.35. The molecule has 1 atom stereocenters. The van der Waals surface area contributed by atoms with E-state index in [2.05, 4.69) is 74.8 Å². The van der Waals surface area contributed by atoms with E-state index in [1.807, 2.05) is 16.8 Å². The van der Waals surface area contributed by atoms with Crippen molar-refractivity contribution in [3.63, 3.8) is 0 Å². The lowest BCUT2D eigenvalue weighted by atomic mass is 9.89. The molecule has 1 aliphatic heterocycles. The highest BCUT2D eigenvalue weighted by Crippen LogP contribution is 2.36. The Balaban J connectivity index is 1.35. The molecule has 1 saturated heterocycles. The summed E-state index contributed by atoms with van der Waals surface area (Å²) in [4.78, 5) is 19.0. The number of H-pyrrole nitrogens is 1. The van der Waals surface area contributed by atoms with Crippen LogP contribution in [0.4, 0.5) is 0 Å². The minimum Gasteiger partial charge on any atom is -0.322 e. The van der Waals surface area contributed by atoms with Gasteiger partial charge in [-0.15, -0.1) is 5.10 Å². The van der Waals surface area contributed by atoms with E-state index in [0.29, 0.717) is 12.0 Å². The second-order valence-corrected chi connectivity index (χ2v) is 10.6. The zero-order valence-electron chi connectivity index (χ0n) is 20.9. The number of aryl methyl sites for hydroxylation is 1. The van der Waals surface area contributed by atoms with E-state index in [9.17, 15) is 4.79 Å². The van der Waals surface area contributed by atoms with Crippen LogP contribution < -0.4 is 5.56 Å². The lowest BCUT2D eigenvalue weighted by Gasteiger charge is -2.37. The summed E-state index contributed by atoms with van der Waals surface area (Å²) in [6.45, 7) is 3.93. The third-order valence-electron chi connectivity index (χ3n) is 8.14. The van der Waals surface area contributed by atoms with Crippen molar-refractivity contribution >= 4 is 10.9 Å². The summed E-state index contributed by atoms with van der Waals surface area (Å²) in [5, 5.41) is 14.1. The van der Waals surface area contributed by atoms with Gasteiger partial charge in [-0.25, -0.2) is 4.68 Å². The van der Waals surface area contributed by atoms with Crippen molar-refractivity contribution in [1.29, 1.82) is 0 Å². The van der Waals surface area contributed by atoms with Crippen LogP contribution in [0.1, 0.15) is 73.1 Å². The van der Waals surface area contributed by atoms with Crippen LogP contribution in [0, 0.1) is 12.8 Å². The number of pyridine rings is 1. The molecule has 2 aliphatic rings. The van der Waals surface area contributed by atoms with Crippen LogP contribution in [0.25, 0.3) is 10.9 Å². The number of likely N-dealkylation sites (tertiary alicyclic amines) is 1. The number of tetrazole rings is 1. The van der Waals surface area contributed by atoms with Crippen LogP contribution >= 0.6 is 0 Å². The van der Waals surface area contributed by atoms with Gasteiger partial charge in [0.25, 0.3) is 5.56 Å². The Labute approximate surface area is 211 Å². The van der Waals surface area contributed by atoms with E-state index < -0.39 is 0 Å². The number of fused-ring (bicyclic) bond motifs is 1. The maximum absolute atomic E-state index is 13.5. The van der Waals surface area contributed by atoms with Crippen LogP contribution in [0.2, 0.25) is 0 Å². The summed E-state index contributed by atoms with van der Waals surface area (Å²) in [5.41, 5.74) is 4.13. The number of benzene rings is 2. The maximum Gasteiger partial charge on any atom is 0.253 e. The fourth-order valence-corrected chi connectivity index (χ4v) is 6.20. The molecule has 3 heterocycles. The van der Waals surface area contributed by atoms with Crippen molar-refractivity contribution in [2.45, 2.75) is 64.0 Å². The molecule has 7 nitrogen and oxygen atoms in total. The molecule has 0 radical (unpaired) electrons. The van der Waals surface area contributed by atoms with Gasteiger partial charge < -0.3 is 4.98 Å². The molecule has 2 aromatic carbocycles. The van der Waals surface area contributed by atoms with Crippen molar-refractivity contribution in [2.75, 3.05) is 13.1 Å². The number of piperidine rings is 1. The van der Waals surface area contributed by atoms with Gasteiger partial charge in [-0.1, -0.05) is 54.8 Å². The Morgan fingerprint density at radius 1 is 1.00 bits per heavy atom. The van der Waals surface area contributed by atoms with Crippen LogP contribution in [0.3, 0.4) is 0 Å². The molecule has 1 N–H and O–H groups in total. The number of hydrogen-bond acceptors (Lipinski definition) is 5. The van der Waals surface area contributed by atoms with Crippen LogP contribution in [0.5, 0.6) is 0 Å². The topological polar surface area (TPSA) is 79.7 Å². The second-order valence-electron chi connectivity index (χ2n) is 10.6.